The maximum atomic E-state index is 12.6. The molecule has 28 heavy (non-hydrogen) atoms. The predicted octanol–water partition coefficient (Wildman–Crippen LogP) is 2.52. The largest absolute Gasteiger partial charge is 0.497 e. The van der Waals surface area contributed by atoms with E-state index in [1.807, 2.05) is 36.1 Å². The van der Waals surface area contributed by atoms with E-state index in [1.165, 1.54) is 19.2 Å². The van der Waals surface area contributed by atoms with E-state index in [2.05, 4.69) is 4.72 Å². The lowest BCUT2D eigenvalue weighted by atomic mass is 10.0. The second-order valence-corrected chi connectivity index (χ2v) is 8.77. The van der Waals surface area contributed by atoms with Crippen molar-refractivity contribution < 1.29 is 17.9 Å². The lowest BCUT2D eigenvalue weighted by Gasteiger charge is -2.32. The van der Waals surface area contributed by atoms with E-state index in [0.29, 0.717) is 38.1 Å². The van der Waals surface area contributed by atoms with Crippen molar-refractivity contribution in [1.29, 1.82) is 0 Å². The summed E-state index contributed by atoms with van der Waals surface area (Å²) in [6.07, 6.45) is 1.60. The number of rotatable bonds is 6. The summed E-state index contributed by atoms with van der Waals surface area (Å²) in [7, 11) is -2.05. The van der Waals surface area contributed by atoms with Gasteiger partial charge in [0, 0.05) is 19.1 Å². The number of nitrogens with zero attached hydrogens (tertiary/aromatic N) is 1. The first-order valence-corrected chi connectivity index (χ1v) is 10.9. The minimum atomic E-state index is -3.59. The lowest BCUT2D eigenvalue weighted by molar-refractivity contribution is -0.131. The zero-order valence-electron chi connectivity index (χ0n) is 16.2. The van der Waals surface area contributed by atoms with Crippen LogP contribution in [0.1, 0.15) is 24.0 Å². The summed E-state index contributed by atoms with van der Waals surface area (Å²) in [5.74, 6) is 0.699. The lowest BCUT2D eigenvalue weighted by Crippen LogP contribution is -2.46. The number of hydrogen-bond donors (Lipinski definition) is 1. The third-order valence-electron chi connectivity index (χ3n) is 5.14. The minimum absolute atomic E-state index is 0.0887. The van der Waals surface area contributed by atoms with Gasteiger partial charge in [0.15, 0.2) is 0 Å². The number of carbonyl (C=O) groups is 1. The molecule has 0 spiro atoms. The molecular formula is C21H26N2O4S. The summed E-state index contributed by atoms with van der Waals surface area (Å²) in [6, 6.07) is 14.0. The second kappa shape index (κ2) is 8.75. The third kappa shape index (κ3) is 4.91. The van der Waals surface area contributed by atoms with Gasteiger partial charge in [-0.15, -0.1) is 0 Å². The number of methoxy groups -OCH3 is 1. The van der Waals surface area contributed by atoms with Crippen molar-refractivity contribution in [3.05, 3.63) is 59.7 Å². The van der Waals surface area contributed by atoms with Gasteiger partial charge in [-0.2, -0.15) is 0 Å². The second-order valence-electron chi connectivity index (χ2n) is 7.06. The Bertz CT molecular complexity index is 918. The summed E-state index contributed by atoms with van der Waals surface area (Å²) in [4.78, 5) is 14.6. The van der Waals surface area contributed by atoms with Crippen molar-refractivity contribution in [1.82, 2.24) is 9.62 Å². The summed E-state index contributed by atoms with van der Waals surface area (Å²) in [5.41, 5.74) is 2.15. The average Bonchev–Trinajstić information content (AvgIpc) is 2.70. The molecule has 0 radical (unpaired) electrons. The Balaban J connectivity index is 1.54. The third-order valence-corrected chi connectivity index (χ3v) is 6.68. The first kappa shape index (κ1) is 20.4. The molecule has 3 rings (SSSR count). The smallest absolute Gasteiger partial charge is 0.240 e. The number of benzene rings is 2. The summed E-state index contributed by atoms with van der Waals surface area (Å²) >= 11 is 0. The Morgan fingerprint density at radius 1 is 1.11 bits per heavy atom. The van der Waals surface area contributed by atoms with Crippen molar-refractivity contribution in [2.75, 3.05) is 20.2 Å². The van der Waals surface area contributed by atoms with Crippen LogP contribution in [0.25, 0.3) is 0 Å². The Hall–Kier alpha value is -2.38. The topological polar surface area (TPSA) is 75.7 Å². The molecule has 7 heteroatoms. The van der Waals surface area contributed by atoms with Gasteiger partial charge in [-0.05, 0) is 55.2 Å². The molecule has 1 heterocycles. The highest BCUT2D eigenvalue weighted by Gasteiger charge is 2.26. The Morgan fingerprint density at radius 2 is 1.75 bits per heavy atom. The number of carbonyl (C=O) groups excluding carboxylic acids is 1. The number of ether oxygens (including phenoxy) is 1. The van der Waals surface area contributed by atoms with Crippen molar-refractivity contribution in [3.63, 3.8) is 0 Å². The number of aryl methyl sites for hydroxylation is 1. The van der Waals surface area contributed by atoms with E-state index in [4.69, 9.17) is 4.74 Å². The number of amides is 1. The van der Waals surface area contributed by atoms with E-state index < -0.39 is 10.0 Å². The zero-order valence-corrected chi connectivity index (χ0v) is 17.0. The van der Waals surface area contributed by atoms with Gasteiger partial charge in [-0.1, -0.05) is 24.3 Å². The van der Waals surface area contributed by atoms with Crippen LogP contribution in [0.2, 0.25) is 0 Å². The van der Waals surface area contributed by atoms with E-state index >= 15 is 0 Å². The van der Waals surface area contributed by atoms with Crippen LogP contribution in [0, 0.1) is 6.92 Å². The summed E-state index contributed by atoms with van der Waals surface area (Å²) in [5, 5.41) is 0. The molecule has 0 bridgehead atoms. The molecule has 1 saturated heterocycles. The first-order chi connectivity index (χ1) is 13.4. The molecule has 0 saturated carbocycles. The molecule has 0 aromatic heterocycles. The average molecular weight is 403 g/mol. The van der Waals surface area contributed by atoms with Gasteiger partial charge in [0.1, 0.15) is 5.75 Å². The first-order valence-electron chi connectivity index (χ1n) is 9.38. The van der Waals surface area contributed by atoms with Crippen LogP contribution in [0.15, 0.2) is 53.4 Å². The molecular weight excluding hydrogens is 376 g/mol. The fraction of sp³-hybridized carbons (Fsp3) is 0.381. The van der Waals surface area contributed by atoms with Gasteiger partial charge in [0.05, 0.1) is 18.4 Å². The normalized spacial score (nSPS) is 15.4. The fourth-order valence-corrected chi connectivity index (χ4v) is 4.68. The predicted molar refractivity (Wildman–Crippen MR) is 108 cm³/mol. The standard InChI is InChI=1S/C21H26N2O4S/c1-16-5-3-4-6-17(16)15-21(24)23-13-11-18(12-14-23)22-28(25,26)20-9-7-19(27-2)8-10-20/h3-10,18,22H,11-15H2,1-2H3. The van der Waals surface area contributed by atoms with E-state index in [9.17, 15) is 13.2 Å². The Morgan fingerprint density at radius 3 is 2.36 bits per heavy atom. The van der Waals surface area contributed by atoms with Crippen LogP contribution in [0.5, 0.6) is 5.75 Å². The van der Waals surface area contributed by atoms with Gasteiger partial charge in [-0.25, -0.2) is 13.1 Å². The Labute approximate surface area is 166 Å². The maximum Gasteiger partial charge on any atom is 0.240 e. The summed E-state index contributed by atoms with van der Waals surface area (Å²) in [6.45, 7) is 3.11. The van der Waals surface area contributed by atoms with Gasteiger partial charge < -0.3 is 9.64 Å². The number of nitrogens with one attached hydrogen (secondary N) is 1. The quantitative estimate of drug-likeness (QED) is 0.806. The van der Waals surface area contributed by atoms with Crippen LogP contribution in [0.3, 0.4) is 0 Å². The SMILES string of the molecule is COc1ccc(S(=O)(=O)NC2CCN(C(=O)Cc3ccccc3C)CC2)cc1. The minimum Gasteiger partial charge on any atom is -0.497 e. The van der Waals surface area contributed by atoms with Crippen LogP contribution in [-0.4, -0.2) is 45.5 Å². The molecule has 0 aliphatic carbocycles. The maximum absolute atomic E-state index is 12.6. The highest BCUT2D eigenvalue weighted by atomic mass is 32.2. The van der Waals surface area contributed by atoms with Gasteiger partial charge in [0.2, 0.25) is 15.9 Å². The molecule has 1 aliphatic rings. The van der Waals surface area contributed by atoms with Crippen LogP contribution < -0.4 is 9.46 Å². The van der Waals surface area contributed by atoms with Crippen LogP contribution in [0.4, 0.5) is 0 Å². The van der Waals surface area contributed by atoms with Gasteiger partial charge >= 0.3 is 0 Å². The number of sulfonamides is 1. The molecule has 1 amide bonds. The van der Waals surface area contributed by atoms with Crippen molar-refractivity contribution in [2.24, 2.45) is 0 Å². The molecule has 1 fully saturated rings. The van der Waals surface area contributed by atoms with Crippen molar-refractivity contribution >= 4 is 15.9 Å². The van der Waals surface area contributed by atoms with Crippen molar-refractivity contribution in [3.8, 4) is 5.75 Å². The highest BCUT2D eigenvalue weighted by molar-refractivity contribution is 7.89. The van der Waals surface area contributed by atoms with E-state index in [0.717, 1.165) is 11.1 Å². The zero-order chi connectivity index (χ0) is 20.1. The Kier molecular flexibility index (Phi) is 6.36. The van der Waals surface area contributed by atoms with Gasteiger partial charge in [-0.3, -0.25) is 4.79 Å². The molecule has 1 N–H and O–H groups in total. The fourth-order valence-electron chi connectivity index (χ4n) is 3.37. The van der Waals surface area contributed by atoms with Crippen molar-refractivity contribution in [2.45, 2.75) is 37.1 Å². The molecule has 6 nitrogen and oxygen atoms in total. The van der Waals surface area contributed by atoms with Crippen LogP contribution in [-0.2, 0) is 21.2 Å². The van der Waals surface area contributed by atoms with Crippen LogP contribution >= 0.6 is 0 Å². The summed E-state index contributed by atoms with van der Waals surface area (Å²) < 4.78 is 32.9. The number of likely N-dealkylation sites (tertiary alicyclic amines) is 1. The molecule has 0 unspecified atom stereocenters. The highest BCUT2D eigenvalue weighted by Crippen LogP contribution is 2.19. The van der Waals surface area contributed by atoms with Gasteiger partial charge in [0.25, 0.3) is 0 Å². The van der Waals surface area contributed by atoms with E-state index in [1.54, 1.807) is 12.1 Å². The van der Waals surface area contributed by atoms with E-state index in [-0.39, 0.29) is 16.8 Å². The monoisotopic (exact) mass is 402 g/mol. The number of hydrogen-bond acceptors (Lipinski definition) is 4. The molecule has 1 aliphatic heterocycles. The molecule has 0 atom stereocenters. The number of piperidine rings is 1. The molecule has 2 aromatic rings. The molecule has 2 aromatic carbocycles. The molecule has 150 valence electrons.